The van der Waals surface area contributed by atoms with Crippen molar-refractivity contribution in [3.05, 3.63) is 199 Å². The van der Waals surface area contributed by atoms with Gasteiger partial charge in [0, 0.05) is 16.7 Å². The zero-order valence-electron chi connectivity index (χ0n) is 35.0. The van der Waals surface area contributed by atoms with Crippen molar-refractivity contribution >= 4 is 32.3 Å². The molecule has 0 heterocycles. The Bertz CT molecular complexity index is 2650. The minimum Gasteiger partial charge on any atom is -0.192 e. The smallest absolute Gasteiger partial charge is 0.100 e. The number of nitriles is 2. The first-order valence-electron chi connectivity index (χ1n) is 19.5. The van der Waals surface area contributed by atoms with Gasteiger partial charge < -0.3 is 0 Å². The van der Waals surface area contributed by atoms with Crippen molar-refractivity contribution in [2.24, 2.45) is 0 Å². The molecule has 56 heavy (non-hydrogen) atoms. The molecule has 0 fully saturated rings. The summed E-state index contributed by atoms with van der Waals surface area (Å²) in [5.41, 5.74) is 16.8. The lowest BCUT2D eigenvalue weighted by Gasteiger charge is -2.21. The molecule has 0 N–H and O–H groups in total. The van der Waals surface area contributed by atoms with Crippen molar-refractivity contribution in [3.8, 4) is 12.1 Å². The molecule has 2 nitrogen and oxygen atoms in total. The maximum atomic E-state index is 10.2. The van der Waals surface area contributed by atoms with E-state index in [-0.39, 0.29) is 5.92 Å². The Balaban J connectivity index is 0.000000192. The van der Waals surface area contributed by atoms with Crippen LogP contribution in [0.25, 0.3) is 32.3 Å². The van der Waals surface area contributed by atoms with Crippen molar-refractivity contribution < 1.29 is 0 Å². The largest absolute Gasteiger partial charge is 0.192 e. The molecule has 0 saturated heterocycles. The van der Waals surface area contributed by atoms with Crippen molar-refractivity contribution in [2.75, 3.05) is 0 Å². The molecule has 8 aromatic carbocycles. The second kappa shape index (κ2) is 17.9. The fraction of sp³-hybridized carbons (Fsp3) is 0.222. The van der Waals surface area contributed by atoms with E-state index in [4.69, 9.17) is 0 Å². The average Bonchev–Trinajstić information content (AvgIpc) is 3.18. The Labute approximate surface area is 335 Å². The average molecular weight is 731 g/mol. The number of benzene rings is 8. The quantitative estimate of drug-likeness (QED) is 0.166. The second-order valence-corrected chi connectivity index (χ2v) is 15.4. The molecule has 0 amide bonds. The van der Waals surface area contributed by atoms with Crippen LogP contribution in [-0.2, 0) is 0 Å². The summed E-state index contributed by atoms with van der Waals surface area (Å²) < 4.78 is 0. The summed E-state index contributed by atoms with van der Waals surface area (Å²) in [5, 5.41) is 26.3. The van der Waals surface area contributed by atoms with Crippen LogP contribution in [-0.4, -0.2) is 0 Å². The predicted molar refractivity (Wildman–Crippen MR) is 240 cm³/mol. The first-order chi connectivity index (χ1) is 26.7. The van der Waals surface area contributed by atoms with Gasteiger partial charge in [-0.05, 0) is 152 Å². The summed E-state index contributed by atoms with van der Waals surface area (Å²) in [4.78, 5) is 0. The van der Waals surface area contributed by atoms with Crippen LogP contribution in [0.5, 0.6) is 0 Å². The maximum absolute atomic E-state index is 10.2. The molecular formula is C54H54N2. The summed E-state index contributed by atoms with van der Waals surface area (Å²) in [5.74, 6) is 0.106. The van der Waals surface area contributed by atoms with Gasteiger partial charge in [0.2, 0.25) is 0 Å². The minimum atomic E-state index is 0.106. The van der Waals surface area contributed by atoms with Crippen molar-refractivity contribution in [1.29, 1.82) is 10.5 Å². The third-order valence-electron chi connectivity index (χ3n) is 11.2. The molecule has 2 heteroatoms. The lowest BCUT2D eigenvalue weighted by atomic mass is 9.82. The van der Waals surface area contributed by atoms with E-state index >= 15 is 0 Å². The highest BCUT2D eigenvalue weighted by Gasteiger charge is 2.21. The molecule has 1 atom stereocenters. The first-order valence-corrected chi connectivity index (χ1v) is 19.5. The summed E-state index contributed by atoms with van der Waals surface area (Å²) in [7, 11) is 0. The Hall–Kier alpha value is -6.22. The number of nitrogens with zero attached hydrogens (tertiary/aromatic N) is 2. The van der Waals surface area contributed by atoms with E-state index in [1.165, 1.54) is 55.6 Å². The fourth-order valence-electron chi connectivity index (χ4n) is 7.43. The molecule has 280 valence electrons. The minimum absolute atomic E-state index is 0.106. The van der Waals surface area contributed by atoms with Crippen LogP contribution < -0.4 is 0 Å². The molecule has 0 aromatic heterocycles. The zero-order valence-corrected chi connectivity index (χ0v) is 35.0. The van der Waals surface area contributed by atoms with Gasteiger partial charge in [-0.15, -0.1) is 0 Å². The van der Waals surface area contributed by atoms with Gasteiger partial charge in [0.05, 0.1) is 11.1 Å². The van der Waals surface area contributed by atoms with Crippen LogP contribution in [0.15, 0.2) is 121 Å². The standard InChI is InChI=1S/C29H22N2.C9H12.2C8H10/c1-16-5-8-22(17(2)11-16)19(4)25-13-21-7-6-20-12-18(3)26(14-30)23-9-10-24(27(25)15-31)29(21)28(20)23;1-7-4-5-8(2)9(3)6-7;2*1-7-5-3-4-6-8(7)2/h5-13,19H,1-4H3;4-6H,1-3H3;2*3-6H,1-2H3. The van der Waals surface area contributed by atoms with Gasteiger partial charge in [-0.3, -0.25) is 0 Å². The third kappa shape index (κ3) is 9.00. The topological polar surface area (TPSA) is 47.6 Å². The summed E-state index contributed by atoms with van der Waals surface area (Å²) in [6.45, 7) is 23.3. The molecular weight excluding hydrogens is 677 g/mol. The Morgan fingerprint density at radius 2 is 0.804 bits per heavy atom. The number of rotatable bonds is 2. The van der Waals surface area contributed by atoms with E-state index in [0.29, 0.717) is 5.56 Å². The number of hydrogen-bond donors (Lipinski definition) is 0. The van der Waals surface area contributed by atoms with E-state index in [9.17, 15) is 10.5 Å². The van der Waals surface area contributed by atoms with Crippen molar-refractivity contribution in [2.45, 2.75) is 82.1 Å². The normalized spacial score (nSPS) is 11.0. The second-order valence-electron chi connectivity index (χ2n) is 15.4. The zero-order chi connectivity index (χ0) is 40.7. The first kappa shape index (κ1) is 41.0. The molecule has 8 rings (SSSR count). The van der Waals surface area contributed by atoms with Crippen LogP contribution in [0.3, 0.4) is 0 Å². The number of hydrogen-bond acceptors (Lipinski definition) is 2. The molecule has 1 unspecified atom stereocenters. The highest BCUT2D eigenvalue weighted by Crippen LogP contribution is 2.42. The molecule has 0 saturated carbocycles. The Morgan fingerprint density at radius 3 is 1.23 bits per heavy atom. The fourth-order valence-corrected chi connectivity index (χ4v) is 7.43. The van der Waals surface area contributed by atoms with Crippen LogP contribution in [0.2, 0.25) is 0 Å². The van der Waals surface area contributed by atoms with E-state index in [2.05, 4.69) is 191 Å². The van der Waals surface area contributed by atoms with Crippen LogP contribution in [0.1, 0.15) is 90.7 Å². The van der Waals surface area contributed by atoms with E-state index in [1.54, 1.807) is 0 Å². The van der Waals surface area contributed by atoms with E-state index < -0.39 is 0 Å². The van der Waals surface area contributed by atoms with Gasteiger partial charge in [0.15, 0.2) is 0 Å². The molecule has 0 spiro atoms. The maximum Gasteiger partial charge on any atom is 0.100 e. The predicted octanol–water partition coefficient (Wildman–Crippen LogP) is 14.6. The van der Waals surface area contributed by atoms with E-state index in [0.717, 1.165) is 49.0 Å². The molecule has 8 aromatic rings. The van der Waals surface area contributed by atoms with Crippen molar-refractivity contribution in [1.82, 2.24) is 0 Å². The molecule has 0 aliphatic rings. The molecule has 0 bridgehead atoms. The summed E-state index contributed by atoms with van der Waals surface area (Å²) >= 11 is 0. The van der Waals surface area contributed by atoms with Gasteiger partial charge >= 0.3 is 0 Å². The molecule has 0 aliphatic carbocycles. The van der Waals surface area contributed by atoms with Gasteiger partial charge in [-0.1, -0.05) is 133 Å². The molecule has 0 aliphatic heterocycles. The monoisotopic (exact) mass is 730 g/mol. The van der Waals surface area contributed by atoms with Crippen LogP contribution >= 0.6 is 0 Å². The highest BCUT2D eigenvalue weighted by atomic mass is 14.3. The third-order valence-corrected chi connectivity index (χ3v) is 11.2. The SMILES string of the molecule is Cc1ccc(C(C)c2cc3ccc4cc(C)c(C#N)c5ccc(c2C#N)c3c45)c(C)c1.Cc1ccc(C)c(C)c1.Cc1ccccc1C.Cc1ccccc1C. The van der Waals surface area contributed by atoms with Crippen LogP contribution in [0, 0.1) is 91.9 Å². The van der Waals surface area contributed by atoms with Gasteiger partial charge in [-0.2, -0.15) is 10.5 Å². The summed E-state index contributed by atoms with van der Waals surface area (Å²) in [6, 6.07) is 47.2. The van der Waals surface area contributed by atoms with Gasteiger partial charge in [0.1, 0.15) is 12.1 Å². The summed E-state index contributed by atoms with van der Waals surface area (Å²) in [6.07, 6.45) is 0. The lowest BCUT2D eigenvalue weighted by molar-refractivity contribution is 0.908. The Morgan fingerprint density at radius 1 is 0.375 bits per heavy atom. The van der Waals surface area contributed by atoms with Gasteiger partial charge in [0.25, 0.3) is 0 Å². The highest BCUT2D eigenvalue weighted by molar-refractivity contribution is 6.25. The Kier molecular flexibility index (Phi) is 13.1. The number of aryl methyl sites for hydroxylation is 10. The molecule has 0 radical (unpaired) electrons. The van der Waals surface area contributed by atoms with E-state index in [1.807, 2.05) is 19.1 Å². The van der Waals surface area contributed by atoms with Gasteiger partial charge in [-0.25, -0.2) is 0 Å². The van der Waals surface area contributed by atoms with Crippen LogP contribution in [0.4, 0.5) is 0 Å². The van der Waals surface area contributed by atoms with Crippen molar-refractivity contribution in [3.63, 3.8) is 0 Å². The lowest BCUT2D eigenvalue weighted by Crippen LogP contribution is -2.03.